The second-order valence-corrected chi connectivity index (χ2v) is 4.75. The van der Waals surface area contributed by atoms with E-state index in [1.165, 1.54) is 0 Å². The number of benzene rings is 1. The molecule has 1 rings (SSSR count). The Morgan fingerprint density at radius 3 is 2.70 bits per heavy atom. The van der Waals surface area contributed by atoms with Gasteiger partial charge >= 0.3 is 0 Å². The van der Waals surface area contributed by atoms with Gasteiger partial charge in [-0.3, -0.25) is 0 Å². The highest BCUT2D eigenvalue weighted by Gasteiger charge is 2.04. The maximum Gasteiger partial charge on any atom is 0.0945 e. The molecule has 1 aromatic rings. The molecule has 0 heterocycles. The molecule has 0 aliphatic rings. The summed E-state index contributed by atoms with van der Waals surface area (Å²) >= 11 is 0. The van der Waals surface area contributed by atoms with E-state index in [1.807, 2.05) is 50.2 Å². The molecule has 114 valence electrons. The van der Waals surface area contributed by atoms with Gasteiger partial charge in [0.1, 0.15) is 0 Å². The molecule has 0 aromatic heterocycles. The van der Waals surface area contributed by atoms with Gasteiger partial charge in [-0.05, 0) is 25.1 Å². The average molecular weight is 282 g/mol. The Hall–Kier alpha value is -1.30. The first-order valence-corrected chi connectivity index (χ1v) is 6.98. The van der Waals surface area contributed by atoms with E-state index in [4.69, 9.17) is 9.47 Å². The molecule has 0 spiro atoms. The Morgan fingerprint density at radius 2 is 2.00 bits per heavy atom. The van der Waals surface area contributed by atoms with Crippen LogP contribution in [0.3, 0.4) is 0 Å². The smallest absolute Gasteiger partial charge is 0.0945 e. The lowest BCUT2D eigenvalue weighted by molar-refractivity contribution is 0.0103. The van der Waals surface area contributed by atoms with Crippen molar-refractivity contribution in [2.45, 2.75) is 13.0 Å². The molecule has 0 amide bonds. The summed E-state index contributed by atoms with van der Waals surface area (Å²) in [6, 6.07) is 8.05. The highest BCUT2D eigenvalue weighted by atomic mass is 16.5. The van der Waals surface area contributed by atoms with Crippen LogP contribution < -0.4 is 10.2 Å². The molecule has 0 radical (unpaired) electrons. The summed E-state index contributed by atoms with van der Waals surface area (Å²) in [7, 11) is 4.00. The van der Waals surface area contributed by atoms with E-state index < -0.39 is 6.10 Å². The Kier molecular flexibility index (Phi) is 8.02. The quantitative estimate of drug-likeness (QED) is 0.638. The third kappa shape index (κ3) is 6.75. The molecular formula is C15H26N2O3. The van der Waals surface area contributed by atoms with Gasteiger partial charge in [-0.15, -0.1) is 0 Å². The second kappa shape index (κ2) is 9.58. The van der Waals surface area contributed by atoms with Gasteiger partial charge in [0.2, 0.25) is 0 Å². The zero-order valence-corrected chi connectivity index (χ0v) is 12.6. The topological polar surface area (TPSA) is 54.0 Å². The van der Waals surface area contributed by atoms with Gasteiger partial charge in [0, 0.05) is 38.6 Å². The molecular weight excluding hydrogens is 256 g/mol. The number of nitrogens with zero attached hydrogens (tertiary/aromatic N) is 1. The molecule has 5 heteroatoms. The Morgan fingerprint density at radius 1 is 1.25 bits per heavy atom. The highest BCUT2D eigenvalue weighted by molar-refractivity contribution is 5.57. The zero-order valence-electron chi connectivity index (χ0n) is 12.6. The van der Waals surface area contributed by atoms with Crippen molar-refractivity contribution >= 4 is 11.4 Å². The van der Waals surface area contributed by atoms with E-state index in [9.17, 15) is 5.11 Å². The molecule has 0 saturated carbocycles. The number of hydrogen-bond acceptors (Lipinski definition) is 5. The van der Waals surface area contributed by atoms with Crippen LogP contribution in [-0.4, -0.2) is 58.3 Å². The van der Waals surface area contributed by atoms with Crippen LogP contribution in [0.25, 0.3) is 0 Å². The van der Waals surface area contributed by atoms with Crippen molar-refractivity contribution in [2.75, 3.05) is 57.3 Å². The van der Waals surface area contributed by atoms with Gasteiger partial charge in [-0.1, -0.05) is 6.07 Å². The van der Waals surface area contributed by atoms with Crippen molar-refractivity contribution in [1.82, 2.24) is 0 Å². The van der Waals surface area contributed by atoms with E-state index in [0.717, 1.165) is 11.4 Å². The van der Waals surface area contributed by atoms with E-state index in [0.29, 0.717) is 33.0 Å². The maximum absolute atomic E-state index is 9.81. The normalized spacial score (nSPS) is 12.2. The Labute approximate surface area is 121 Å². The summed E-state index contributed by atoms with van der Waals surface area (Å²) in [4.78, 5) is 2.04. The molecule has 1 aromatic carbocycles. The Bertz CT molecular complexity index is 372. The van der Waals surface area contributed by atoms with Crippen LogP contribution in [-0.2, 0) is 9.47 Å². The minimum atomic E-state index is -0.528. The lowest BCUT2D eigenvalue weighted by atomic mass is 10.2. The lowest BCUT2D eigenvalue weighted by Crippen LogP contribution is -2.25. The fraction of sp³-hybridized carbons (Fsp3) is 0.600. The van der Waals surface area contributed by atoms with Crippen molar-refractivity contribution in [1.29, 1.82) is 0 Å². The van der Waals surface area contributed by atoms with Gasteiger partial charge in [0.15, 0.2) is 0 Å². The molecule has 5 nitrogen and oxygen atoms in total. The number of rotatable bonds is 10. The van der Waals surface area contributed by atoms with Crippen LogP contribution in [0.5, 0.6) is 0 Å². The number of aliphatic hydroxyl groups excluding tert-OH is 1. The minimum absolute atomic E-state index is 0.313. The standard InChI is InChI=1S/C15H26N2O3/c1-4-19-8-9-20-12-15(18)11-16-13-6-5-7-14(10-13)17(2)3/h5-7,10,15-16,18H,4,8-9,11-12H2,1-3H3. The molecule has 0 aliphatic carbocycles. The van der Waals surface area contributed by atoms with Crippen molar-refractivity contribution in [2.24, 2.45) is 0 Å². The Balaban J connectivity index is 2.23. The van der Waals surface area contributed by atoms with E-state index >= 15 is 0 Å². The van der Waals surface area contributed by atoms with Gasteiger partial charge in [-0.25, -0.2) is 0 Å². The fourth-order valence-corrected chi connectivity index (χ4v) is 1.67. The SMILES string of the molecule is CCOCCOCC(O)CNc1cccc(N(C)C)c1. The molecule has 0 saturated heterocycles. The number of aliphatic hydroxyl groups is 1. The summed E-state index contributed by atoms with van der Waals surface area (Å²) in [6.45, 7) is 4.50. The summed E-state index contributed by atoms with van der Waals surface area (Å²) in [5.41, 5.74) is 2.11. The van der Waals surface area contributed by atoms with Crippen LogP contribution in [0.2, 0.25) is 0 Å². The fourth-order valence-electron chi connectivity index (χ4n) is 1.67. The molecule has 2 N–H and O–H groups in total. The number of ether oxygens (including phenoxy) is 2. The van der Waals surface area contributed by atoms with Crippen molar-refractivity contribution in [3.05, 3.63) is 24.3 Å². The first-order chi connectivity index (χ1) is 9.63. The number of hydrogen-bond donors (Lipinski definition) is 2. The second-order valence-electron chi connectivity index (χ2n) is 4.75. The first kappa shape index (κ1) is 16.8. The van der Waals surface area contributed by atoms with E-state index in [-0.39, 0.29) is 0 Å². The summed E-state index contributed by atoms with van der Waals surface area (Å²) in [5.74, 6) is 0. The van der Waals surface area contributed by atoms with Crippen molar-refractivity contribution in [3.8, 4) is 0 Å². The van der Waals surface area contributed by atoms with Gasteiger partial charge in [-0.2, -0.15) is 0 Å². The third-order valence-electron chi connectivity index (χ3n) is 2.79. The summed E-state index contributed by atoms with van der Waals surface area (Å²) < 4.78 is 10.5. The molecule has 1 unspecified atom stereocenters. The largest absolute Gasteiger partial charge is 0.389 e. The molecule has 1 atom stereocenters. The van der Waals surface area contributed by atoms with Crippen LogP contribution in [0.15, 0.2) is 24.3 Å². The van der Waals surface area contributed by atoms with Gasteiger partial charge in [0.05, 0.1) is 25.9 Å². The minimum Gasteiger partial charge on any atom is -0.389 e. The van der Waals surface area contributed by atoms with Crippen LogP contribution in [0.4, 0.5) is 11.4 Å². The lowest BCUT2D eigenvalue weighted by Gasteiger charge is -2.16. The molecule has 0 bridgehead atoms. The average Bonchev–Trinajstić information content (AvgIpc) is 2.45. The van der Waals surface area contributed by atoms with Crippen molar-refractivity contribution < 1.29 is 14.6 Å². The van der Waals surface area contributed by atoms with Gasteiger partial charge in [0.25, 0.3) is 0 Å². The zero-order chi connectivity index (χ0) is 14.8. The van der Waals surface area contributed by atoms with Crippen molar-refractivity contribution in [3.63, 3.8) is 0 Å². The summed E-state index contributed by atoms with van der Waals surface area (Å²) in [5, 5.41) is 13.0. The molecule has 20 heavy (non-hydrogen) atoms. The van der Waals surface area contributed by atoms with E-state index in [2.05, 4.69) is 5.32 Å². The highest BCUT2D eigenvalue weighted by Crippen LogP contribution is 2.17. The van der Waals surface area contributed by atoms with Crippen LogP contribution in [0.1, 0.15) is 6.92 Å². The van der Waals surface area contributed by atoms with Gasteiger partial charge < -0.3 is 24.8 Å². The predicted molar refractivity (Wildman–Crippen MR) is 82.6 cm³/mol. The monoisotopic (exact) mass is 282 g/mol. The molecule has 0 fully saturated rings. The third-order valence-corrected chi connectivity index (χ3v) is 2.79. The van der Waals surface area contributed by atoms with Crippen LogP contribution in [0, 0.1) is 0 Å². The van der Waals surface area contributed by atoms with E-state index in [1.54, 1.807) is 0 Å². The van der Waals surface area contributed by atoms with Crippen LogP contribution >= 0.6 is 0 Å². The number of nitrogens with one attached hydrogen (secondary N) is 1. The number of anilines is 2. The predicted octanol–water partition coefficient (Wildman–Crippen LogP) is 1.58. The first-order valence-electron chi connectivity index (χ1n) is 6.98. The molecule has 0 aliphatic heterocycles. The summed E-state index contributed by atoms with van der Waals surface area (Å²) in [6.07, 6.45) is -0.528. The maximum atomic E-state index is 9.81.